The first-order chi connectivity index (χ1) is 12.8. The quantitative estimate of drug-likeness (QED) is 0.804. The van der Waals surface area contributed by atoms with E-state index in [0.717, 1.165) is 16.2 Å². The summed E-state index contributed by atoms with van der Waals surface area (Å²) in [5.41, 5.74) is 2.26. The van der Waals surface area contributed by atoms with Gasteiger partial charge in [0.15, 0.2) is 0 Å². The van der Waals surface area contributed by atoms with Crippen molar-refractivity contribution < 1.29 is 14.3 Å². The first kappa shape index (κ1) is 19.2. The smallest absolute Gasteiger partial charge is 0.412 e. The van der Waals surface area contributed by atoms with Gasteiger partial charge in [-0.2, -0.15) is 0 Å². The number of rotatable bonds is 4. The molecule has 0 radical (unpaired) electrons. The Labute approximate surface area is 163 Å². The minimum absolute atomic E-state index is 0.0727. The summed E-state index contributed by atoms with van der Waals surface area (Å²) >= 11 is 1.44. The zero-order valence-corrected chi connectivity index (χ0v) is 16.5. The van der Waals surface area contributed by atoms with Gasteiger partial charge in [0.05, 0.1) is 10.8 Å². The van der Waals surface area contributed by atoms with Crippen LogP contribution in [0.1, 0.15) is 31.9 Å². The zero-order valence-electron chi connectivity index (χ0n) is 15.7. The van der Waals surface area contributed by atoms with E-state index in [4.69, 9.17) is 4.74 Å². The summed E-state index contributed by atoms with van der Waals surface area (Å²) in [5, 5.41) is 3.58. The highest BCUT2D eigenvalue weighted by Crippen LogP contribution is 2.27. The Kier molecular flexibility index (Phi) is 5.70. The molecule has 1 aliphatic heterocycles. The molecule has 0 saturated carbocycles. The molecule has 0 aliphatic carbocycles. The molecule has 7 heteroatoms. The number of fused-ring (bicyclic) bond motifs is 1. The minimum atomic E-state index is -0.546. The van der Waals surface area contributed by atoms with Crippen LogP contribution in [0.15, 0.2) is 47.6 Å². The highest BCUT2D eigenvalue weighted by atomic mass is 32.2. The first-order valence-electron chi connectivity index (χ1n) is 8.73. The summed E-state index contributed by atoms with van der Waals surface area (Å²) in [6, 6.07) is 11.3. The number of carbonyl (C=O) groups excluding carboxylic acids is 2. The van der Waals surface area contributed by atoms with Gasteiger partial charge in [0.25, 0.3) is 0 Å². The van der Waals surface area contributed by atoms with Gasteiger partial charge >= 0.3 is 6.09 Å². The number of nitrogens with one attached hydrogen (secondary N) is 1. The molecule has 0 spiro atoms. The normalized spacial score (nSPS) is 13.2. The predicted molar refractivity (Wildman–Crippen MR) is 106 cm³/mol. The lowest BCUT2D eigenvalue weighted by Crippen LogP contribution is -2.27. The van der Waals surface area contributed by atoms with Crippen LogP contribution in [0.25, 0.3) is 0 Å². The molecular formula is C20H23N3O3S. The number of hydrogen-bond acceptors (Lipinski definition) is 5. The molecule has 2 amide bonds. The molecule has 0 fully saturated rings. The number of amides is 2. The van der Waals surface area contributed by atoms with Crippen molar-refractivity contribution in [1.29, 1.82) is 0 Å². The van der Waals surface area contributed by atoms with E-state index >= 15 is 0 Å². The lowest BCUT2D eigenvalue weighted by Gasteiger charge is -2.19. The maximum atomic E-state index is 12.5. The van der Waals surface area contributed by atoms with Crippen LogP contribution < -0.4 is 5.32 Å². The van der Waals surface area contributed by atoms with Gasteiger partial charge in [-0.1, -0.05) is 23.9 Å². The molecule has 3 rings (SSSR count). The van der Waals surface area contributed by atoms with E-state index < -0.39 is 11.7 Å². The molecule has 1 N–H and O–H groups in total. The molecule has 2 heterocycles. The third-order valence-electron chi connectivity index (χ3n) is 3.91. The summed E-state index contributed by atoms with van der Waals surface area (Å²) in [5.74, 6) is 0.428. The van der Waals surface area contributed by atoms with Crippen LogP contribution >= 0.6 is 11.8 Å². The average molecular weight is 385 g/mol. The molecular weight excluding hydrogens is 362 g/mol. The van der Waals surface area contributed by atoms with E-state index in [1.165, 1.54) is 11.8 Å². The van der Waals surface area contributed by atoms with E-state index in [1.807, 2.05) is 62.1 Å². The Bertz CT molecular complexity index is 834. The molecule has 142 valence electrons. The van der Waals surface area contributed by atoms with Gasteiger partial charge in [-0.25, -0.2) is 9.78 Å². The second-order valence-corrected chi connectivity index (χ2v) is 8.31. The number of nitrogens with zero attached hydrogens (tertiary/aromatic N) is 2. The van der Waals surface area contributed by atoms with Gasteiger partial charge in [0, 0.05) is 25.0 Å². The number of benzene rings is 1. The fourth-order valence-corrected chi connectivity index (χ4v) is 3.49. The SMILES string of the molecule is CC(C)(C)OC(=O)Nc1ccc2c(c1)CN(C(=O)CSc1ccccn1)C2. The Hall–Kier alpha value is -2.54. The lowest BCUT2D eigenvalue weighted by atomic mass is 10.1. The lowest BCUT2D eigenvalue weighted by molar-refractivity contribution is -0.128. The van der Waals surface area contributed by atoms with Gasteiger partial charge in [-0.15, -0.1) is 0 Å². The standard InChI is InChI=1S/C20H23N3O3S/c1-20(2,3)26-19(25)22-16-8-7-14-11-23(12-15(14)10-16)18(24)13-27-17-6-4-5-9-21-17/h4-10H,11-13H2,1-3H3,(H,22,25). The average Bonchev–Trinajstić information content (AvgIpc) is 3.02. The van der Waals surface area contributed by atoms with Crippen LogP contribution in [0, 0.1) is 0 Å². The maximum absolute atomic E-state index is 12.5. The van der Waals surface area contributed by atoms with Crippen LogP contribution in [0.5, 0.6) is 0 Å². The van der Waals surface area contributed by atoms with Gasteiger partial charge in [0.1, 0.15) is 5.60 Å². The number of hydrogen-bond donors (Lipinski definition) is 1. The Morgan fingerprint density at radius 1 is 1.19 bits per heavy atom. The van der Waals surface area contributed by atoms with E-state index in [2.05, 4.69) is 10.3 Å². The number of pyridine rings is 1. The summed E-state index contributed by atoms with van der Waals surface area (Å²) < 4.78 is 5.27. The van der Waals surface area contributed by atoms with Crippen molar-refractivity contribution in [2.24, 2.45) is 0 Å². The van der Waals surface area contributed by atoms with Crippen LogP contribution in [0.4, 0.5) is 10.5 Å². The fraction of sp³-hybridized carbons (Fsp3) is 0.350. The number of anilines is 1. The third kappa shape index (κ3) is 5.47. The topological polar surface area (TPSA) is 71.5 Å². The van der Waals surface area contributed by atoms with Crippen molar-refractivity contribution in [3.8, 4) is 0 Å². The maximum Gasteiger partial charge on any atom is 0.412 e. The number of ether oxygens (including phenoxy) is 1. The van der Waals surface area contributed by atoms with E-state index in [-0.39, 0.29) is 5.91 Å². The number of thioether (sulfide) groups is 1. The number of aromatic nitrogens is 1. The van der Waals surface area contributed by atoms with Crippen LogP contribution in [0.3, 0.4) is 0 Å². The van der Waals surface area contributed by atoms with Gasteiger partial charge in [-0.05, 0) is 56.2 Å². The van der Waals surface area contributed by atoms with Crippen molar-refractivity contribution in [3.05, 3.63) is 53.7 Å². The van der Waals surface area contributed by atoms with Gasteiger partial charge < -0.3 is 9.64 Å². The third-order valence-corrected chi connectivity index (χ3v) is 4.84. The first-order valence-corrected chi connectivity index (χ1v) is 9.72. The Balaban J connectivity index is 1.56. The van der Waals surface area contributed by atoms with Crippen LogP contribution in [-0.2, 0) is 22.6 Å². The Morgan fingerprint density at radius 3 is 2.67 bits per heavy atom. The zero-order chi connectivity index (χ0) is 19.4. The molecule has 0 bridgehead atoms. The second kappa shape index (κ2) is 8.00. The highest BCUT2D eigenvalue weighted by Gasteiger charge is 2.24. The molecule has 1 aromatic heterocycles. The second-order valence-electron chi connectivity index (χ2n) is 7.32. The van der Waals surface area contributed by atoms with Crippen molar-refractivity contribution in [3.63, 3.8) is 0 Å². The number of carbonyl (C=O) groups is 2. The summed E-state index contributed by atoms with van der Waals surface area (Å²) in [4.78, 5) is 30.4. The molecule has 27 heavy (non-hydrogen) atoms. The Morgan fingerprint density at radius 2 is 1.96 bits per heavy atom. The van der Waals surface area contributed by atoms with Gasteiger partial charge in [-0.3, -0.25) is 10.1 Å². The molecule has 0 unspecified atom stereocenters. The summed E-state index contributed by atoms with van der Waals surface area (Å²) in [7, 11) is 0. The van der Waals surface area contributed by atoms with Crippen molar-refractivity contribution in [2.75, 3.05) is 11.1 Å². The molecule has 1 aromatic carbocycles. The minimum Gasteiger partial charge on any atom is -0.444 e. The van der Waals surface area contributed by atoms with E-state index in [0.29, 0.717) is 24.5 Å². The van der Waals surface area contributed by atoms with E-state index in [1.54, 1.807) is 6.20 Å². The van der Waals surface area contributed by atoms with Crippen molar-refractivity contribution in [2.45, 2.75) is 44.5 Å². The predicted octanol–water partition coefficient (Wildman–Crippen LogP) is 4.06. The van der Waals surface area contributed by atoms with Crippen LogP contribution in [-0.4, -0.2) is 33.2 Å². The summed E-state index contributed by atoms with van der Waals surface area (Å²) in [6.07, 6.45) is 1.23. The molecule has 1 aliphatic rings. The van der Waals surface area contributed by atoms with E-state index in [9.17, 15) is 9.59 Å². The largest absolute Gasteiger partial charge is 0.444 e. The molecule has 2 aromatic rings. The molecule has 0 atom stereocenters. The molecule has 6 nitrogen and oxygen atoms in total. The van der Waals surface area contributed by atoms with Gasteiger partial charge in [0.2, 0.25) is 5.91 Å². The highest BCUT2D eigenvalue weighted by molar-refractivity contribution is 7.99. The van der Waals surface area contributed by atoms with Crippen molar-refractivity contribution >= 4 is 29.4 Å². The summed E-state index contributed by atoms with van der Waals surface area (Å²) in [6.45, 7) is 6.59. The fourth-order valence-electron chi connectivity index (χ4n) is 2.73. The van der Waals surface area contributed by atoms with Crippen LogP contribution in [0.2, 0.25) is 0 Å². The van der Waals surface area contributed by atoms with Crippen molar-refractivity contribution in [1.82, 2.24) is 9.88 Å². The molecule has 0 saturated heterocycles. The monoisotopic (exact) mass is 385 g/mol.